The number of rotatable bonds is 2. The van der Waals surface area contributed by atoms with Crippen LogP contribution < -0.4 is 16.6 Å². The molecule has 1 aromatic rings. The van der Waals surface area contributed by atoms with Crippen molar-refractivity contribution in [2.24, 2.45) is 17.8 Å². The highest BCUT2D eigenvalue weighted by atomic mass is 16.1. The molecule has 0 unspecified atom stereocenters. The van der Waals surface area contributed by atoms with Gasteiger partial charge in [-0.3, -0.25) is 4.79 Å². The van der Waals surface area contributed by atoms with Crippen molar-refractivity contribution < 1.29 is 0 Å². The van der Waals surface area contributed by atoms with Crippen molar-refractivity contribution in [2.45, 2.75) is 44.1 Å². The second-order valence-corrected chi connectivity index (χ2v) is 6.98. The van der Waals surface area contributed by atoms with E-state index in [9.17, 15) is 4.79 Å². The molecule has 0 aromatic carbocycles. The maximum Gasteiger partial charge on any atom is 0.249 e. The summed E-state index contributed by atoms with van der Waals surface area (Å²) in [7, 11) is 0. The molecular weight excluding hydrogens is 238 g/mol. The summed E-state index contributed by atoms with van der Waals surface area (Å²) >= 11 is 0. The number of nitrogen functional groups attached to an aromatic ring is 1. The van der Waals surface area contributed by atoms with E-state index in [0.29, 0.717) is 5.69 Å². The standard InChI is InChI=1S/C15H21N3O/c16-12-1-2-13(19)17-14(12)18-15-6-9-3-10(7-15)5-11(4-9)8-15/h1-2,9-11H,3-8,16H2,(H2,17,18,19). The Morgan fingerprint density at radius 2 is 1.68 bits per heavy atom. The number of aromatic nitrogens is 1. The zero-order valence-electron chi connectivity index (χ0n) is 11.1. The van der Waals surface area contributed by atoms with Gasteiger partial charge in [-0.25, -0.2) is 0 Å². The first kappa shape index (κ1) is 11.4. The average Bonchev–Trinajstić information content (AvgIpc) is 2.31. The van der Waals surface area contributed by atoms with Gasteiger partial charge in [0.2, 0.25) is 5.56 Å². The van der Waals surface area contributed by atoms with Crippen LogP contribution in [0.4, 0.5) is 11.5 Å². The summed E-state index contributed by atoms with van der Waals surface area (Å²) in [5.74, 6) is 3.38. The summed E-state index contributed by atoms with van der Waals surface area (Å²) in [5, 5.41) is 3.62. The van der Waals surface area contributed by atoms with Crippen LogP contribution in [0.3, 0.4) is 0 Å². The van der Waals surface area contributed by atoms with E-state index in [4.69, 9.17) is 5.73 Å². The minimum absolute atomic E-state index is 0.0820. The van der Waals surface area contributed by atoms with Crippen LogP contribution in [-0.4, -0.2) is 10.5 Å². The first-order valence-corrected chi connectivity index (χ1v) is 7.39. The summed E-state index contributed by atoms with van der Waals surface area (Å²) in [6, 6.07) is 3.18. The van der Waals surface area contributed by atoms with Crippen LogP contribution in [0.1, 0.15) is 38.5 Å². The number of aromatic amines is 1. The number of hydrogen-bond acceptors (Lipinski definition) is 3. The SMILES string of the molecule is Nc1ccc(=O)[nH]c1NC12CC3CC(CC(C3)C1)C2. The average molecular weight is 259 g/mol. The van der Waals surface area contributed by atoms with Gasteiger partial charge in [0.1, 0.15) is 5.82 Å². The topological polar surface area (TPSA) is 70.9 Å². The molecule has 4 bridgehead atoms. The van der Waals surface area contributed by atoms with E-state index in [1.165, 1.54) is 44.6 Å². The van der Waals surface area contributed by atoms with Gasteiger partial charge in [-0.05, 0) is 62.3 Å². The zero-order chi connectivity index (χ0) is 13.0. The fraction of sp³-hybridized carbons (Fsp3) is 0.667. The van der Waals surface area contributed by atoms with Gasteiger partial charge in [0, 0.05) is 11.6 Å². The van der Waals surface area contributed by atoms with E-state index in [0.717, 1.165) is 23.6 Å². The van der Waals surface area contributed by atoms with Crippen molar-refractivity contribution in [3.05, 3.63) is 22.5 Å². The van der Waals surface area contributed by atoms with Crippen LogP contribution in [0.5, 0.6) is 0 Å². The Balaban J connectivity index is 1.65. The number of hydrogen-bond donors (Lipinski definition) is 3. The van der Waals surface area contributed by atoms with E-state index in [1.54, 1.807) is 6.07 Å². The minimum Gasteiger partial charge on any atom is -0.396 e. The Kier molecular flexibility index (Phi) is 2.26. The van der Waals surface area contributed by atoms with Crippen LogP contribution in [0.25, 0.3) is 0 Å². The molecule has 4 N–H and O–H groups in total. The van der Waals surface area contributed by atoms with Gasteiger partial charge in [-0.1, -0.05) is 0 Å². The lowest BCUT2D eigenvalue weighted by atomic mass is 9.53. The third-order valence-corrected chi connectivity index (χ3v) is 5.38. The molecule has 5 rings (SSSR count). The predicted molar refractivity (Wildman–Crippen MR) is 76.0 cm³/mol. The molecular formula is C15H21N3O. The Morgan fingerprint density at radius 1 is 1.11 bits per heavy atom. The van der Waals surface area contributed by atoms with Crippen molar-refractivity contribution in [3.63, 3.8) is 0 Å². The van der Waals surface area contributed by atoms with E-state index in [1.807, 2.05) is 0 Å². The number of H-pyrrole nitrogens is 1. The number of nitrogens with two attached hydrogens (primary N) is 1. The Hall–Kier alpha value is -1.45. The Labute approximate surface area is 112 Å². The molecule has 4 nitrogen and oxygen atoms in total. The van der Waals surface area contributed by atoms with Crippen molar-refractivity contribution >= 4 is 11.5 Å². The van der Waals surface area contributed by atoms with Gasteiger partial charge < -0.3 is 16.0 Å². The zero-order valence-corrected chi connectivity index (χ0v) is 11.1. The Morgan fingerprint density at radius 3 is 2.26 bits per heavy atom. The van der Waals surface area contributed by atoms with Gasteiger partial charge in [-0.15, -0.1) is 0 Å². The molecule has 0 radical (unpaired) electrons. The minimum atomic E-state index is -0.0820. The lowest BCUT2D eigenvalue weighted by Gasteiger charge is -2.57. The molecule has 4 fully saturated rings. The van der Waals surface area contributed by atoms with E-state index in [-0.39, 0.29) is 11.1 Å². The van der Waals surface area contributed by atoms with Crippen molar-refractivity contribution in [3.8, 4) is 0 Å². The van der Waals surface area contributed by atoms with Crippen LogP contribution in [0.2, 0.25) is 0 Å². The van der Waals surface area contributed by atoms with Gasteiger partial charge >= 0.3 is 0 Å². The largest absolute Gasteiger partial charge is 0.396 e. The van der Waals surface area contributed by atoms with Gasteiger partial charge in [0.15, 0.2) is 0 Å². The van der Waals surface area contributed by atoms with Crippen molar-refractivity contribution in [1.82, 2.24) is 4.98 Å². The predicted octanol–water partition coefficient (Wildman–Crippen LogP) is 2.34. The molecule has 0 saturated heterocycles. The summed E-state index contributed by atoms with van der Waals surface area (Å²) in [5.41, 5.74) is 6.74. The molecule has 1 heterocycles. The molecule has 0 aliphatic heterocycles. The molecule has 19 heavy (non-hydrogen) atoms. The van der Waals surface area contributed by atoms with E-state index >= 15 is 0 Å². The smallest absolute Gasteiger partial charge is 0.249 e. The second-order valence-electron chi connectivity index (χ2n) is 6.98. The molecule has 0 atom stereocenters. The van der Waals surface area contributed by atoms with Gasteiger partial charge in [0.05, 0.1) is 5.69 Å². The molecule has 102 valence electrons. The molecule has 0 amide bonds. The normalized spacial score (nSPS) is 39.5. The third-order valence-electron chi connectivity index (χ3n) is 5.38. The first-order valence-electron chi connectivity index (χ1n) is 7.39. The quantitative estimate of drug-likeness (QED) is 0.763. The first-order chi connectivity index (χ1) is 9.12. The fourth-order valence-electron chi connectivity index (χ4n) is 5.12. The van der Waals surface area contributed by atoms with Gasteiger partial charge in [0.25, 0.3) is 0 Å². The molecule has 4 aliphatic rings. The number of pyridine rings is 1. The maximum absolute atomic E-state index is 11.5. The van der Waals surface area contributed by atoms with Gasteiger partial charge in [-0.2, -0.15) is 0 Å². The fourth-order valence-corrected chi connectivity index (χ4v) is 5.12. The maximum atomic E-state index is 11.5. The number of anilines is 2. The van der Waals surface area contributed by atoms with E-state index in [2.05, 4.69) is 10.3 Å². The molecule has 4 aliphatic carbocycles. The molecule has 0 spiro atoms. The molecule has 4 saturated carbocycles. The summed E-state index contributed by atoms with van der Waals surface area (Å²) in [4.78, 5) is 14.3. The summed E-state index contributed by atoms with van der Waals surface area (Å²) in [6.07, 6.45) is 7.99. The van der Waals surface area contributed by atoms with Crippen LogP contribution in [0.15, 0.2) is 16.9 Å². The van der Waals surface area contributed by atoms with Crippen LogP contribution in [0, 0.1) is 17.8 Å². The second kappa shape index (κ2) is 3.78. The third kappa shape index (κ3) is 1.85. The van der Waals surface area contributed by atoms with Crippen molar-refractivity contribution in [2.75, 3.05) is 11.1 Å². The lowest BCUT2D eigenvalue weighted by Crippen LogP contribution is -2.55. The Bertz CT molecular complexity index is 527. The monoisotopic (exact) mass is 259 g/mol. The van der Waals surface area contributed by atoms with Crippen LogP contribution in [-0.2, 0) is 0 Å². The molecule has 4 heteroatoms. The highest BCUT2D eigenvalue weighted by molar-refractivity contribution is 5.61. The van der Waals surface area contributed by atoms with Crippen LogP contribution >= 0.6 is 0 Å². The van der Waals surface area contributed by atoms with E-state index < -0.39 is 0 Å². The highest BCUT2D eigenvalue weighted by Gasteiger charge is 2.51. The number of nitrogens with one attached hydrogen (secondary N) is 2. The summed E-state index contributed by atoms with van der Waals surface area (Å²) in [6.45, 7) is 0. The van der Waals surface area contributed by atoms with Crippen molar-refractivity contribution in [1.29, 1.82) is 0 Å². The summed E-state index contributed by atoms with van der Waals surface area (Å²) < 4.78 is 0. The lowest BCUT2D eigenvalue weighted by molar-refractivity contribution is 0.0106. The highest BCUT2D eigenvalue weighted by Crippen LogP contribution is 2.56. The molecule has 1 aromatic heterocycles.